The fourth-order valence-corrected chi connectivity index (χ4v) is 2.39. The van der Waals surface area contributed by atoms with Gasteiger partial charge in [0.25, 0.3) is 5.91 Å². The number of halogens is 1. The second-order valence-corrected chi connectivity index (χ2v) is 5.06. The molecule has 0 saturated carbocycles. The smallest absolute Gasteiger partial charge is 0.255 e. The zero-order valence-electron chi connectivity index (χ0n) is 10.1. The van der Waals surface area contributed by atoms with E-state index in [1.165, 1.54) is 0 Å². The Balaban J connectivity index is 2.10. The summed E-state index contributed by atoms with van der Waals surface area (Å²) in [5.74, 6) is 0.231. The number of rotatable bonds is 2. The summed E-state index contributed by atoms with van der Waals surface area (Å²) in [5.41, 5.74) is 6.67. The zero-order valence-corrected chi connectivity index (χ0v) is 10.9. The van der Waals surface area contributed by atoms with E-state index >= 15 is 0 Å². The van der Waals surface area contributed by atoms with E-state index in [1.807, 2.05) is 0 Å². The van der Waals surface area contributed by atoms with Crippen LogP contribution in [0.1, 0.15) is 23.2 Å². The van der Waals surface area contributed by atoms with E-state index in [0.29, 0.717) is 35.3 Å². The molecule has 0 spiro atoms. The lowest BCUT2D eigenvalue weighted by atomic mass is 9.97. The van der Waals surface area contributed by atoms with Crippen LogP contribution in [0.3, 0.4) is 0 Å². The van der Waals surface area contributed by atoms with Crippen molar-refractivity contribution < 1.29 is 9.90 Å². The molecule has 1 fully saturated rings. The number of likely N-dealkylation sites (tertiary alicyclic amines) is 1. The molecule has 5 heteroatoms. The maximum Gasteiger partial charge on any atom is 0.255 e. The number of hydrogen-bond acceptors (Lipinski definition) is 3. The summed E-state index contributed by atoms with van der Waals surface area (Å²) in [4.78, 5) is 14.1. The molecule has 1 heterocycles. The van der Waals surface area contributed by atoms with Crippen LogP contribution < -0.4 is 5.73 Å². The Bertz CT molecular complexity index is 443. The molecular formula is C13H17ClN2O2. The Kier molecular flexibility index (Phi) is 4.09. The summed E-state index contributed by atoms with van der Waals surface area (Å²) < 4.78 is 0. The molecule has 0 bridgehead atoms. The predicted octanol–water partition coefficient (Wildman–Crippen LogP) is 1.77. The van der Waals surface area contributed by atoms with Gasteiger partial charge in [0, 0.05) is 25.4 Å². The number of nitrogens with two attached hydrogens (primary N) is 1. The average molecular weight is 269 g/mol. The van der Waals surface area contributed by atoms with Crippen LogP contribution in [-0.2, 0) is 0 Å². The molecule has 1 saturated heterocycles. The molecule has 18 heavy (non-hydrogen) atoms. The van der Waals surface area contributed by atoms with Crippen molar-refractivity contribution in [1.82, 2.24) is 4.90 Å². The lowest BCUT2D eigenvalue weighted by Crippen LogP contribution is -2.39. The van der Waals surface area contributed by atoms with E-state index in [4.69, 9.17) is 22.4 Å². The molecule has 4 nitrogen and oxygen atoms in total. The second-order valence-electron chi connectivity index (χ2n) is 4.66. The molecule has 1 aromatic rings. The van der Waals surface area contributed by atoms with E-state index in [-0.39, 0.29) is 12.5 Å². The highest BCUT2D eigenvalue weighted by molar-refractivity contribution is 6.34. The van der Waals surface area contributed by atoms with Gasteiger partial charge in [-0.3, -0.25) is 4.79 Å². The number of aliphatic hydroxyl groups excluding tert-OH is 1. The number of hydrogen-bond donors (Lipinski definition) is 2. The first-order chi connectivity index (χ1) is 8.61. The van der Waals surface area contributed by atoms with Crippen molar-refractivity contribution in [3.63, 3.8) is 0 Å². The molecule has 1 aliphatic heterocycles. The molecule has 0 aromatic heterocycles. The molecule has 0 aliphatic carbocycles. The lowest BCUT2D eigenvalue weighted by Gasteiger charge is -2.31. The number of aliphatic hydroxyl groups is 1. The summed E-state index contributed by atoms with van der Waals surface area (Å²) in [7, 11) is 0. The lowest BCUT2D eigenvalue weighted by molar-refractivity contribution is 0.0651. The van der Waals surface area contributed by atoms with Crippen LogP contribution in [0.25, 0.3) is 0 Å². The minimum Gasteiger partial charge on any atom is -0.399 e. The largest absolute Gasteiger partial charge is 0.399 e. The van der Waals surface area contributed by atoms with Gasteiger partial charge >= 0.3 is 0 Å². The summed E-state index contributed by atoms with van der Waals surface area (Å²) >= 11 is 6.02. The molecule has 0 unspecified atom stereocenters. The molecular weight excluding hydrogens is 252 g/mol. The van der Waals surface area contributed by atoms with E-state index in [1.54, 1.807) is 23.1 Å². The number of nitrogens with zero attached hydrogens (tertiary/aromatic N) is 1. The molecule has 0 atom stereocenters. The number of carbonyl (C=O) groups excluding carboxylic acids is 1. The SMILES string of the molecule is Nc1ccc(Cl)c(C(=O)N2CCC(CO)CC2)c1. The van der Waals surface area contributed by atoms with Gasteiger partial charge < -0.3 is 15.7 Å². The molecule has 0 radical (unpaired) electrons. The maximum atomic E-state index is 12.3. The van der Waals surface area contributed by atoms with Crippen molar-refractivity contribution in [1.29, 1.82) is 0 Å². The van der Waals surface area contributed by atoms with Crippen molar-refractivity contribution in [2.45, 2.75) is 12.8 Å². The van der Waals surface area contributed by atoms with Crippen LogP contribution in [0, 0.1) is 5.92 Å². The Hall–Kier alpha value is -1.26. The normalized spacial score (nSPS) is 16.9. The van der Waals surface area contributed by atoms with Crippen LogP contribution in [0.5, 0.6) is 0 Å². The topological polar surface area (TPSA) is 66.6 Å². The standard InChI is InChI=1S/C13H17ClN2O2/c14-12-2-1-10(15)7-11(12)13(18)16-5-3-9(8-17)4-6-16/h1-2,7,9,17H,3-6,8,15H2. The fraction of sp³-hybridized carbons (Fsp3) is 0.462. The van der Waals surface area contributed by atoms with Gasteiger partial charge in [0.05, 0.1) is 10.6 Å². The third-order valence-corrected chi connectivity index (χ3v) is 3.71. The number of benzene rings is 1. The van der Waals surface area contributed by atoms with Gasteiger partial charge in [-0.15, -0.1) is 0 Å². The highest BCUT2D eigenvalue weighted by Gasteiger charge is 2.24. The van der Waals surface area contributed by atoms with Crippen LogP contribution in [0.15, 0.2) is 18.2 Å². The van der Waals surface area contributed by atoms with Crippen molar-refractivity contribution in [3.05, 3.63) is 28.8 Å². The fourth-order valence-electron chi connectivity index (χ4n) is 2.20. The van der Waals surface area contributed by atoms with Crippen LogP contribution in [0.4, 0.5) is 5.69 Å². The Morgan fingerprint density at radius 2 is 2.11 bits per heavy atom. The van der Waals surface area contributed by atoms with Crippen molar-refractivity contribution in [3.8, 4) is 0 Å². The molecule has 98 valence electrons. The monoisotopic (exact) mass is 268 g/mol. The van der Waals surface area contributed by atoms with Gasteiger partial charge in [-0.1, -0.05) is 11.6 Å². The van der Waals surface area contributed by atoms with E-state index in [2.05, 4.69) is 0 Å². The first kappa shape index (κ1) is 13.2. The van der Waals surface area contributed by atoms with E-state index in [9.17, 15) is 4.79 Å². The third-order valence-electron chi connectivity index (χ3n) is 3.38. The minimum atomic E-state index is -0.0799. The molecule has 3 N–H and O–H groups in total. The van der Waals surface area contributed by atoms with E-state index in [0.717, 1.165) is 12.8 Å². The quantitative estimate of drug-likeness (QED) is 0.804. The maximum absolute atomic E-state index is 12.3. The van der Waals surface area contributed by atoms with Gasteiger partial charge in [-0.25, -0.2) is 0 Å². The van der Waals surface area contributed by atoms with Crippen LogP contribution >= 0.6 is 11.6 Å². The molecule has 1 amide bonds. The number of amides is 1. The predicted molar refractivity (Wildman–Crippen MR) is 71.6 cm³/mol. The Morgan fingerprint density at radius 3 is 2.72 bits per heavy atom. The first-order valence-electron chi connectivity index (χ1n) is 6.07. The van der Waals surface area contributed by atoms with Crippen LogP contribution in [-0.4, -0.2) is 35.6 Å². The van der Waals surface area contributed by atoms with Gasteiger partial charge in [-0.2, -0.15) is 0 Å². The summed E-state index contributed by atoms with van der Waals surface area (Å²) in [6, 6.07) is 4.94. The highest BCUT2D eigenvalue weighted by Crippen LogP contribution is 2.23. The molecule has 1 aliphatic rings. The summed E-state index contributed by atoms with van der Waals surface area (Å²) in [6.45, 7) is 1.52. The summed E-state index contributed by atoms with van der Waals surface area (Å²) in [5, 5.41) is 9.50. The Labute approximate surface area is 111 Å². The molecule has 2 rings (SSSR count). The van der Waals surface area contributed by atoms with E-state index < -0.39 is 0 Å². The van der Waals surface area contributed by atoms with Gasteiger partial charge in [-0.05, 0) is 37.0 Å². The van der Waals surface area contributed by atoms with Crippen LogP contribution in [0.2, 0.25) is 5.02 Å². The Morgan fingerprint density at radius 1 is 1.44 bits per heavy atom. The third kappa shape index (κ3) is 2.76. The first-order valence-corrected chi connectivity index (χ1v) is 6.44. The van der Waals surface area contributed by atoms with Crippen molar-refractivity contribution in [2.75, 3.05) is 25.4 Å². The van der Waals surface area contributed by atoms with Gasteiger partial charge in [0.1, 0.15) is 0 Å². The van der Waals surface area contributed by atoms with Crippen molar-refractivity contribution >= 4 is 23.2 Å². The second kappa shape index (κ2) is 5.59. The number of carbonyl (C=O) groups is 1. The number of piperidine rings is 1. The average Bonchev–Trinajstić information content (AvgIpc) is 2.41. The van der Waals surface area contributed by atoms with Crippen molar-refractivity contribution in [2.24, 2.45) is 5.92 Å². The zero-order chi connectivity index (χ0) is 13.1. The minimum absolute atomic E-state index is 0.0799. The van der Waals surface area contributed by atoms with Gasteiger partial charge in [0.15, 0.2) is 0 Å². The highest BCUT2D eigenvalue weighted by atomic mass is 35.5. The summed E-state index contributed by atoms with van der Waals surface area (Å²) in [6.07, 6.45) is 1.67. The molecule has 1 aromatic carbocycles. The number of anilines is 1. The van der Waals surface area contributed by atoms with Gasteiger partial charge in [0.2, 0.25) is 0 Å². The number of nitrogen functional groups attached to an aromatic ring is 1.